The van der Waals surface area contributed by atoms with Gasteiger partial charge >= 0.3 is 0 Å². The van der Waals surface area contributed by atoms with E-state index in [9.17, 15) is 4.79 Å². The third-order valence-corrected chi connectivity index (χ3v) is 4.14. The van der Waals surface area contributed by atoms with Crippen molar-refractivity contribution in [3.63, 3.8) is 0 Å². The molecule has 1 fully saturated rings. The van der Waals surface area contributed by atoms with Crippen molar-refractivity contribution in [2.24, 2.45) is 5.92 Å². The molecule has 0 bridgehead atoms. The van der Waals surface area contributed by atoms with E-state index in [2.05, 4.69) is 5.32 Å². The molecule has 1 amide bonds. The fourth-order valence-corrected chi connectivity index (χ4v) is 2.50. The highest BCUT2D eigenvalue weighted by Crippen LogP contribution is 2.25. The van der Waals surface area contributed by atoms with Crippen molar-refractivity contribution < 1.29 is 14.3 Å². The van der Waals surface area contributed by atoms with Crippen LogP contribution in [0.25, 0.3) is 0 Å². The Labute approximate surface area is 134 Å². The molecule has 0 unspecified atom stereocenters. The molecular formula is C15H19Cl2NO3. The Balaban J connectivity index is 1.61. The maximum atomic E-state index is 11.9. The number of carbonyl (C=O) groups is 1. The van der Waals surface area contributed by atoms with Gasteiger partial charge in [-0.15, -0.1) is 0 Å². The zero-order valence-electron chi connectivity index (χ0n) is 11.7. The predicted octanol–water partition coefficient (Wildman–Crippen LogP) is 3.17. The monoisotopic (exact) mass is 331 g/mol. The van der Waals surface area contributed by atoms with E-state index >= 15 is 0 Å². The van der Waals surface area contributed by atoms with E-state index in [1.807, 2.05) is 0 Å². The summed E-state index contributed by atoms with van der Waals surface area (Å²) in [4.78, 5) is 11.9. The minimum atomic E-state index is -0.216. The summed E-state index contributed by atoms with van der Waals surface area (Å²) >= 11 is 11.9. The number of amides is 1. The second kappa shape index (κ2) is 8.59. The maximum absolute atomic E-state index is 11.9. The molecule has 1 aromatic carbocycles. The lowest BCUT2D eigenvalue weighted by Crippen LogP contribution is -2.25. The van der Waals surface area contributed by atoms with Gasteiger partial charge in [0.05, 0.1) is 28.8 Å². The molecule has 21 heavy (non-hydrogen) atoms. The van der Waals surface area contributed by atoms with Gasteiger partial charge in [-0.2, -0.15) is 0 Å². The predicted molar refractivity (Wildman–Crippen MR) is 83.2 cm³/mol. The number of benzene rings is 1. The topological polar surface area (TPSA) is 47.6 Å². The van der Waals surface area contributed by atoms with Gasteiger partial charge in [-0.1, -0.05) is 29.3 Å². The summed E-state index contributed by atoms with van der Waals surface area (Å²) in [5.74, 6) is 0.302. The molecule has 0 aromatic heterocycles. The maximum Gasteiger partial charge on any atom is 0.252 e. The molecule has 1 heterocycles. The first-order chi connectivity index (χ1) is 10.2. The van der Waals surface area contributed by atoms with Crippen LogP contribution < -0.4 is 5.32 Å². The van der Waals surface area contributed by atoms with E-state index in [0.29, 0.717) is 29.7 Å². The van der Waals surface area contributed by atoms with E-state index in [1.165, 1.54) is 0 Å². The van der Waals surface area contributed by atoms with Crippen LogP contribution >= 0.6 is 23.2 Å². The SMILES string of the molecule is O=C(NCCCOC[C@H]1CCOC1)c1cccc(Cl)c1Cl. The van der Waals surface area contributed by atoms with Gasteiger partial charge in [0.1, 0.15) is 0 Å². The van der Waals surface area contributed by atoms with Crippen molar-refractivity contribution in [2.75, 3.05) is 33.0 Å². The Morgan fingerprint density at radius 2 is 2.29 bits per heavy atom. The minimum absolute atomic E-state index is 0.216. The molecule has 6 heteroatoms. The van der Waals surface area contributed by atoms with Gasteiger partial charge < -0.3 is 14.8 Å². The van der Waals surface area contributed by atoms with Crippen LogP contribution in [0.15, 0.2) is 18.2 Å². The van der Waals surface area contributed by atoms with E-state index in [0.717, 1.165) is 32.7 Å². The molecule has 1 N–H and O–H groups in total. The first-order valence-corrected chi connectivity index (χ1v) is 7.82. The molecule has 1 aliphatic heterocycles. The van der Waals surface area contributed by atoms with Crippen LogP contribution in [-0.4, -0.2) is 38.9 Å². The number of ether oxygens (including phenoxy) is 2. The van der Waals surface area contributed by atoms with Gasteiger partial charge in [-0.25, -0.2) is 0 Å². The van der Waals surface area contributed by atoms with Crippen LogP contribution in [0.5, 0.6) is 0 Å². The van der Waals surface area contributed by atoms with E-state index in [4.69, 9.17) is 32.7 Å². The second-order valence-electron chi connectivity index (χ2n) is 5.02. The lowest BCUT2D eigenvalue weighted by atomic mass is 10.1. The third-order valence-electron chi connectivity index (χ3n) is 3.32. The van der Waals surface area contributed by atoms with Crippen LogP contribution in [-0.2, 0) is 9.47 Å². The number of hydrogen-bond donors (Lipinski definition) is 1. The molecule has 4 nitrogen and oxygen atoms in total. The standard InChI is InChI=1S/C15H19Cl2NO3/c16-13-4-1-3-12(14(13)17)15(19)18-6-2-7-20-9-11-5-8-21-10-11/h1,3-4,11H,2,5-10H2,(H,18,19)/t11-/m1/s1. The molecule has 116 valence electrons. The van der Waals surface area contributed by atoms with Crippen LogP contribution in [0.3, 0.4) is 0 Å². The average Bonchev–Trinajstić information content (AvgIpc) is 2.98. The number of nitrogens with one attached hydrogen (secondary N) is 1. The summed E-state index contributed by atoms with van der Waals surface area (Å²) in [6.45, 7) is 3.53. The Morgan fingerprint density at radius 1 is 1.43 bits per heavy atom. The Bertz CT molecular complexity index is 476. The summed E-state index contributed by atoms with van der Waals surface area (Å²) in [7, 11) is 0. The van der Waals surface area contributed by atoms with Crippen LogP contribution in [0, 0.1) is 5.92 Å². The van der Waals surface area contributed by atoms with E-state index in [1.54, 1.807) is 18.2 Å². The summed E-state index contributed by atoms with van der Waals surface area (Å²) < 4.78 is 10.8. The summed E-state index contributed by atoms with van der Waals surface area (Å²) in [6.07, 6.45) is 1.83. The molecule has 1 saturated heterocycles. The summed E-state index contributed by atoms with van der Waals surface area (Å²) in [5.41, 5.74) is 0.396. The van der Waals surface area contributed by atoms with Crippen molar-refractivity contribution in [1.82, 2.24) is 5.32 Å². The molecule has 2 rings (SSSR count). The van der Waals surface area contributed by atoms with E-state index in [-0.39, 0.29) is 10.9 Å². The number of carbonyl (C=O) groups excluding carboxylic acids is 1. The first-order valence-electron chi connectivity index (χ1n) is 7.06. The Hall–Kier alpha value is -0.810. The Kier molecular flexibility index (Phi) is 6.77. The lowest BCUT2D eigenvalue weighted by molar-refractivity contribution is 0.0853. The van der Waals surface area contributed by atoms with Crippen molar-refractivity contribution >= 4 is 29.1 Å². The molecule has 1 aliphatic rings. The van der Waals surface area contributed by atoms with Crippen molar-refractivity contribution in [3.05, 3.63) is 33.8 Å². The highest BCUT2D eigenvalue weighted by atomic mass is 35.5. The van der Waals surface area contributed by atoms with Crippen molar-refractivity contribution in [2.45, 2.75) is 12.8 Å². The molecule has 0 saturated carbocycles. The van der Waals surface area contributed by atoms with Gasteiger partial charge in [0.15, 0.2) is 0 Å². The van der Waals surface area contributed by atoms with Gasteiger partial charge in [0, 0.05) is 25.7 Å². The zero-order valence-corrected chi connectivity index (χ0v) is 13.3. The second-order valence-corrected chi connectivity index (χ2v) is 5.80. The highest BCUT2D eigenvalue weighted by molar-refractivity contribution is 6.43. The van der Waals surface area contributed by atoms with Gasteiger partial charge in [0.2, 0.25) is 0 Å². The summed E-state index contributed by atoms with van der Waals surface area (Å²) in [5, 5.41) is 3.48. The molecule has 0 aliphatic carbocycles. The number of hydrogen-bond acceptors (Lipinski definition) is 3. The van der Waals surface area contributed by atoms with Gasteiger partial charge in [0.25, 0.3) is 5.91 Å². The first kappa shape index (κ1) is 16.6. The van der Waals surface area contributed by atoms with Crippen LogP contribution in [0.1, 0.15) is 23.2 Å². The lowest BCUT2D eigenvalue weighted by Gasteiger charge is -2.10. The molecule has 0 radical (unpaired) electrons. The normalized spacial score (nSPS) is 17.9. The average molecular weight is 332 g/mol. The third kappa shape index (κ3) is 5.15. The number of rotatable bonds is 7. The quantitative estimate of drug-likeness (QED) is 0.780. The van der Waals surface area contributed by atoms with Gasteiger partial charge in [-0.3, -0.25) is 4.79 Å². The molecule has 1 atom stereocenters. The zero-order chi connectivity index (χ0) is 15.1. The Morgan fingerprint density at radius 3 is 3.05 bits per heavy atom. The fraction of sp³-hybridized carbons (Fsp3) is 0.533. The minimum Gasteiger partial charge on any atom is -0.381 e. The summed E-state index contributed by atoms with van der Waals surface area (Å²) in [6, 6.07) is 5.01. The van der Waals surface area contributed by atoms with Crippen LogP contribution in [0.2, 0.25) is 10.0 Å². The largest absolute Gasteiger partial charge is 0.381 e. The fourth-order valence-electron chi connectivity index (χ4n) is 2.12. The smallest absolute Gasteiger partial charge is 0.252 e. The molecule has 0 spiro atoms. The number of halogens is 2. The molecule has 1 aromatic rings. The van der Waals surface area contributed by atoms with E-state index < -0.39 is 0 Å². The van der Waals surface area contributed by atoms with Crippen molar-refractivity contribution in [3.8, 4) is 0 Å². The highest BCUT2D eigenvalue weighted by Gasteiger charge is 2.15. The van der Waals surface area contributed by atoms with Gasteiger partial charge in [-0.05, 0) is 25.0 Å². The van der Waals surface area contributed by atoms with Crippen LogP contribution in [0.4, 0.5) is 0 Å². The van der Waals surface area contributed by atoms with Crippen molar-refractivity contribution in [1.29, 1.82) is 0 Å². The molecular weight excluding hydrogens is 313 g/mol.